The lowest BCUT2D eigenvalue weighted by atomic mass is 9.96. The van der Waals surface area contributed by atoms with Crippen LogP contribution in [0.2, 0.25) is 0 Å². The fourth-order valence-electron chi connectivity index (χ4n) is 3.25. The topological polar surface area (TPSA) is 127 Å². The SMILES string of the molecule is CC(C)OP1(=S)OC[C@@]2(C(F)F)O[C@@H](n3cnc4c(N)ncnc43)[C@@H](O)[C@@H]2O1. The standard InChI is InChI=1S/C14H18F2N5O5PS/c1-6(2)25-27(28)23-3-14(13(15)16)9(26-27)8(22)12(24-14)21-5-20-7-10(17)18-4-19-11(7)21/h4-6,8-9,12-13,22H,3H2,1-2H3,(H2,17,18,19)/t8-,9-,12+,14+,27?/m0/s1. The molecule has 3 N–H and O–H groups in total. The van der Waals surface area contributed by atoms with Crippen molar-refractivity contribution in [3.05, 3.63) is 12.7 Å². The molecule has 0 saturated carbocycles. The second-order valence-electron chi connectivity index (χ2n) is 6.74. The summed E-state index contributed by atoms with van der Waals surface area (Å²) in [7, 11) is 0. The summed E-state index contributed by atoms with van der Waals surface area (Å²) in [5.74, 6) is 0.109. The number of imidazole rings is 1. The van der Waals surface area contributed by atoms with Crippen molar-refractivity contribution in [2.75, 3.05) is 12.3 Å². The van der Waals surface area contributed by atoms with Crippen LogP contribution in [0.3, 0.4) is 0 Å². The maximum Gasteiger partial charge on any atom is 0.328 e. The molecule has 4 rings (SSSR count). The molecule has 2 aliphatic heterocycles. The van der Waals surface area contributed by atoms with E-state index in [9.17, 15) is 13.9 Å². The van der Waals surface area contributed by atoms with Gasteiger partial charge in [-0.3, -0.25) is 9.09 Å². The number of fused-ring (bicyclic) bond motifs is 2. The van der Waals surface area contributed by atoms with Gasteiger partial charge >= 0.3 is 6.72 Å². The van der Waals surface area contributed by atoms with Gasteiger partial charge in [-0.25, -0.2) is 23.7 Å². The average molecular weight is 437 g/mol. The summed E-state index contributed by atoms with van der Waals surface area (Å²) in [5.41, 5.74) is 4.01. The molecule has 4 heterocycles. The lowest BCUT2D eigenvalue weighted by Gasteiger charge is -2.41. The summed E-state index contributed by atoms with van der Waals surface area (Å²) in [6, 6.07) is 0. The first-order valence-corrected chi connectivity index (χ1v) is 10.9. The largest absolute Gasteiger partial charge is 0.386 e. The van der Waals surface area contributed by atoms with Gasteiger partial charge in [-0.2, -0.15) is 0 Å². The van der Waals surface area contributed by atoms with Crippen molar-refractivity contribution in [3.63, 3.8) is 0 Å². The van der Waals surface area contributed by atoms with Gasteiger partial charge < -0.3 is 24.6 Å². The highest BCUT2D eigenvalue weighted by Gasteiger charge is 2.66. The van der Waals surface area contributed by atoms with Crippen LogP contribution in [0.4, 0.5) is 14.6 Å². The average Bonchev–Trinajstić information content (AvgIpc) is 3.15. The van der Waals surface area contributed by atoms with E-state index in [4.69, 9.17) is 35.8 Å². The van der Waals surface area contributed by atoms with Gasteiger partial charge in [-0.15, -0.1) is 0 Å². The van der Waals surface area contributed by atoms with E-state index in [1.54, 1.807) is 13.8 Å². The second kappa shape index (κ2) is 6.87. The Balaban J connectivity index is 1.73. The Labute approximate surface area is 163 Å². The fraction of sp³-hybridized carbons (Fsp3) is 0.643. The highest BCUT2D eigenvalue weighted by atomic mass is 32.5. The van der Waals surface area contributed by atoms with E-state index in [1.807, 2.05) is 0 Å². The highest BCUT2D eigenvalue weighted by Crippen LogP contribution is 2.61. The Morgan fingerprint density at radius 2 is 2.18 bits per heavy atom. The molecule has 0 spiro atoms. The van der Waals surface area contributed by atoms with E-state index in [-0.39, 0.29) is 23.1 Å². The van der Waals surface area contributed by atoms with Crippen LogP contribution in [-0.4, -0.2) is 61.6 Å². The zero-order valence-electron chi connectivity index (χ0n) is 14.8. The number of ether oxygens (including phenoxy) is 1. The van der Waals surface area contributed by atoms with Gasteiger partial charge in [0.2, 0.25) is 0 Å². The smallest absolute Gasteiger partial charge is 0.328 e. The van der Waals surface area contributed by atoms with E-state index < -0.39 is 43.8 Å². The molecule has 14 heteroatoms. The molecular formula is C14H18F2N5O5PS. The lowest BCUT2D eigenvalue weighted by molar-refractivity contribution is -0.204. The monoisotopic (exact) mass is 437 g/mol. The van der Waals surface area contributed by atoms with Crippen LogP contribution in [0.1, 0.15) is 20.1 Å². The summed E-state index contributed by atoms with van der Waals surface area (Å²) in [5, 5.41) is 10.8. The summed E-state index contributed by atoms with van der Waals surface area (Å²) < 4.78 is 51.4. The van der Waals surface area contributed by atoms with Crippen LogP contribution in [0, 0.1) is 0 Å². The van der Waals surface area contributed by atoms with E-state index in [2.05, 4.69) is 15.0 Å². The molecule has 28 heavy (non-hydrogen) atoms. The minimum Gasteiger partial charge on any atom is -0.386 e. The van der Waals surface area contributed by atoms with Crippen LogP contribution in [0.15, 0.2) is 12.7 Å². The number of aromatic nitrogens is 4. The van der Waals surface area contributed by atoms with Gasteiger partial charge in [0, 0.05) is 0 Å². The Bertz CT molecular complexity index is 948. The number of anilines is 1. The number of nitrogens with two attached hydrogens (primary N) is 1. The molecule has 0 aliphatic carbocycles. The van der Waals surface area contributed by atoms with E-state index in [0.29, 0.717) is 0 Å². The van der Waals surface area contributed by atoms with Gasteiger partial charge in [0.15, 0.2) is 23.3 Å². The molecule has 0 aromatic carbocycles. The Morgan fingerprint density at radius 1 is 1.43 bits per heavy atom. The molecular weight excluding hydrogens is 419 g/mol. The van der Waals surface area contributed by atoms with E-state index in [1.165, 1.54) is 17.2 Å². The van der Waals surface area contributed by atoms with Crippen molar-refractivity contribution in [3.8, 4) is 0 Å². The summed E-state index contributed by atoms with van der Waals surface area (Å²) in [6.45, 7) is -0.495. The quantitative estimate of drug-likeness (QED) is 0.677. The minimum atomic E-state index is -3.33. The van der Waals surface area contributed by atoms with Crippen LogP contribution in [0.5, 0.6) is 0 Å². The third kappa shape index (κ3) is 3.02. The van der Waals surface area contributed by atoms with E-state index >= 15 is 0 Å². The molecule has 2 aromatic heterocycles. The first kappa shape index (κ1) is 20.0. The van der Waals surface area contributed by atoms with Crippen molar-refractivity contribution in [1.82, 2.24) is 19.5 Å². The van der Waals surface area contributed by atoms with Gasteiger partial charge in [0.05, 0.1) is 19.0 Å². The molecule has 10 nitrogen and oxygen atoms in total. The van der Waals surface area contributed by atoms with Crippen molar-refractivity contribution < 1.29 is 32.2 Å². The van der Waals surface area contributed by atoms with Crippen molar-refractivity contribution >= 4 is 35.5 Å². The maximum absolute atomic E-state index is 14.0. The predicted octanol–water partition coefficient (Wildman–Crippen LogP) is 1.37. The molecule has 0 radical (unpaired) electrons. The molecule has 154 valence electrons. The number of aliphatic hydroxyl groups is 1. The molecule has 0 bridgehead atoms. The Hall–Kier alpha value is -1.34. The maximum atomic E-state index is 14.0. The lowest BCUT2D eigenvalue weighted by Crippen LogP contribution is -2.56. The first-order valence-electron chi connectivity index (χ1n) is 8.35. The van der Waals surface area contributed by atoms with Crippen LogP contribution >= 0.6 is 6.72 Å². The van der Waals surface area contributed by atoms with Crippen molar-refractivity contribution in [2.24, 2.45) is 0 Å². The Kier molecular flexibility index (Phi) is 4.90. The molecule has 2 fully saturated rings. The molecule has 2 saturated heterocycles. The number of halogens is 2. The predicted molar refractivity (Wildman–Crippen MR) is 95.9 cm³/mol. The summed E-state index contributed by atoms with van der Waals surface area (Å²) in [4.78, 5) is 12.0. The van der Waals surface area contributed by atoms with Gasteiger partial charge in [-0.1, -0.05) is 0 Å². The number of aliphatic hydroxyl groups excluding tert-OH is 1. The number of nitrogens with zero attached hydrogens (tertiary/aromatic N) is 4. The van der Waals surface area contributed by atoms with E-state index in [0.717, 1.165) is 0 Å². The minimum absolute atomic E-state index is 0.109. The van der Waals surface area contributed by atoms with Crippen molar-refractivity contribution in [1.29, 1.82) is 0 Å². The zero-order valence-corrected chi connectivity index (χ0v) is 16.5. The normalized spacial score (nSPS) is 35.8. The van der Waals surface area contributed by atoms with Gasteiger partial charge in [-0.05, 0) is 25.7 Å². The number of alkyl halides is 2. The molecule has 1 unspecified atom stereocenters. The number of hydrogen-bond acceptors (Lipinski definition) is 10. The molecule has 2 aliphatic rings. The van der Waals surface area contributed by atoms with Gasteiger partial charge in [0.1, 0.15) is 24.1 Å². The fourth-order valence-corrected chi connectivity index (χ4v) is 5.83. The van der Waals surface area contributed by atoms with Gasteiger partial charge in [0.25, 0.3) is 6.43 Å². The number of rotatable bonds is 4. The Morgan fingerprint density at radius 3 is 2.86 bits per heavy atom. The number of hydrogen-bond donors (Lipinski definition) is 2. The second-order valence-corrected chi connectivity index (χ2v) is 9.65. The van der Waals surface area contributed by atoms with Crippen LogP contribution < -0.4 is 5.73 Å². The molecule has 2 aromatic rings. The summed E-state index contributed by atoms with van der Waals surface area (Å²) >= 11 is 5.25. The molecule has 5 atom stereocenters. The third-order valence-electron chi connectivity index (χ3n) is 4.49. The van der Waals surface area contributed by atoms with Crippen molar-refractivity contribution in [2.45, 2.75) is 50.4 Å². The van der Waals surface area contributed by atoms with Crippen LogP contribution in [-0.2, 0) is 30.1 Å². The molecule has 0 amide bonds. The highest BCUT2D eigenvalue weighted by molar-refractivity contribution is 8.07. The van der Waals surface area contributed by atoms with Crippen LogP contribution in [0.25, 0.3) is 11.2 Å². The summed E-state index contributed by atoms with van der Waals surface area (Å²) in [6.07, 6.45) is -5.14. The zero-order chi connectivity index (χ0) is 20.3. The number of nitrogen functional groups attached to an aromatic ring is 1. The first-order chi connectivity index (χ1) is 13.2. The third-order valence-corrected chi connectivity index (χ3v) is 6.93.